The Morgan fingerprint density at radius 3 is 2.17 bits per heavy atom. The summed E-state index contributed by atoms with van der Waals surface area (Å²) < 4.78 is 27.3. The van der Waals surface area contributed by atoms with Crippen LogP contribution in [0.25, 0.3) is 0 Å². The second-order valence-corrected chi connectivity index (χ2v) is 6.71. The monoisotopic (exact) mass is 395 g/mol. The summed E-state index contributed by atoms with van der Waals surface area (Å²) in [6.45, 7) is 2.16. The SMILES string of the molecule is O=C(Nc1c(F)cccc1F)c1cnc(Nc2ccc(N3CCCC3)cc2)nc1. The summed E-state index contributed by atoms with van der Waals surface area (Å²) in [5, 5.41) is 5.27. The predicted molar refractivity (Wildman–Crippen MR) is 108 cm³/mol. The van der Waals surface area contributed by atoms with Gasteiger partial charge in [-0.2, -0.15) is 0 Å². The zero-order valence-corrected chi connectivity index (χ0v) is 15.5. The molecule has 1 aromatic heterocycles. The van der Waals surface area contributed by atoms with Crippen molar-refractivity contribution in [3.8, 4) is 0 Å². The normalized spacial score (nSPS) is 13.4. The van der Waals surface area contributed by atoms with E-state index in [1.165, 1.54) is 37.0 Å². The molecule has 1 amide bonds. The van der Waals surface area contributed by atoms with Crippen molar-refractivity contribution in [1.82, 2.24) is 9.97 Å². The average Bonchev–Trinajstić information content (AvgIpc) is 3.27. The van der Waals surface area contributed by atoms with E-state index < -0.39 is 23.2 Å². The molecular weight excluding hydrogens is 376 g/mol. The first-order valence-corrected chi connectivity index (χ1v) is 9.29. The van der Waals surface area contributed by atoms with Gasteiger partial charge in [-0.15, -0.1) is 0 Å². The first kappa shape index (κ1) is 18.8. The van der Waals surface area contributed by atoms with E-state index in [4.69, 9.17) is 0 Å². The molecule has 4 rings (SSSR count). The van der Waals surface area contributed by atoms with Crippen LogP contribution in [-0.4, -0.2) is 29.0 Å². The van der Waals surface area contributed by atoms with Crippen molar-refractivity contribution in [1.29, 1.82) is 0 Å². The van der Waals surface area contributed by atoms with Gasteiger partial charge in [0, 0.05) is 36.9 Å². The number of hydrogen-bond donors (Lipinski definition) is 2. The zero-order valence-electron chi connectivity index (χ0n) is 15.5. The lowest BCUT2D eigenvalue weighted by Crippen LogP contribution is -2.17. The first-order valence-electron chi connectivity index (χ1n) is 9.29. The Balaban J connectivity index is 1.40. The largest absolute Gasteiger partial charge is 0.372 e. The van der Waals surface area contributed by atoms with Crippen LogP contribution in [0.5, 0.6) is 0 Å². The van der Waals surface area contributed by atoms with Gasteiger partial charge in [0.1, 0.15) is 17.3 Å². The number of amides is 1. The van der Waals surface area contributed by atoms with Crippen molar-refractivity contribution in [2.75, 3.05) is 28.6 Å². The van der Waals surface area contributed by atoms with E-state index in [2.05, 4.69) is 25.5 Å². The summed E-state index contributed by atoms with van der Waals surface area (Å²) >= 11 is 0. The number of benzene rings is 2. The molecule has 2 N–H and O–H groups in total. The topological polar surface area (TPSA) is 70.2 Å². The van der Waals surface area contributed by atoms with Crippen LogP contribution in [0.3, 0.4) is 0 Å². The second kappa shape index (κ2) is 8.22. The molecular formula is C21H19F2N5O. The molecule has 1 fully saturated rings. The number of nitrogens with one attached hydrogen (secondary N) is 2. The fourth-order valence-electron chi connectivity index (χ4n) is 3.17. The van der Waals surface area contributed by atoms with Gasteiger partial charge in [-0.3, -0.25) is 4.79 Å². The van der Waals surface area contributed by atoms with E-state index in [9.17, 15) is 13.6 Å². The maximum absolute atomic E-state index is 13.7. The molecule has 0 atom stereocenters. The number of para-hydroxylation sites is 1. The molecule has 0 spiro atoms. The van der Waals surface area contributed by atoms with Gasteiger partial charge in [-0.25, -0.2) is 18.7 Å². The van der Waals surface area contributed by atoms with Crippen LogP contribution in [0.1, 0.15) is 23.2 Å². The van der Waals surface area contributed by atoms with Crippen LogP contribution in [0.2, 0.25) is 0 Å². The number of nitrogens with zero attached hydrogens (tertiary/aromatic N) is 3. The van der Waals surface area contributed by atoms with Gasteiger partial charge in [-0.05, 0) is 49.2 Å². The third-order valence-electron chi connectivity index (χ3n) is 4.71. The van der Waals surface area contributed by atoms with Crippen molar-refractivity contribution in [3.05, 3.63) is 72.1 Å². The fourth-order valence-corrected chi connectivity index (χ4v) is 3.17. The van der Waals surface area contributed by atoms with Gasteiger partial charge < -0.3 is 15.5 Å². The number of halogens is 2. The van der Waals surface area contributed by atoms with Gasteiger partial charge in [0.05, 0.1) is 5.56 Å². The van der Waals surface area contributed by atoms with Crippen LogP contribution in [-0.2, 0) is 0 Å². The molecule has 0 bridgehead atoms. The Morgan fingerprint density at radius 2 is 1.55 bits per heavy atom. The van der Waals surface area contributed by atoms with Crippen LogP contribution >= 0.6 is 0 Å². The standard InChI is InChI=1S/C21H19F2N5O/c22-17-4-3-5-18(23)19(17)27-20(29)14-12-24-21(25-13-14)26-15-6-8-16(9-7-15)28-10-1-2-11-28/h3-9,12-13H,1-2,10-11H2,(H,27,29)(H,24,25,26). The quantitative estimate of drug-likeness (QED) is 0.672. The molecule has 1 saturated heterocycles. The highest BCUT2D eigenvalue weighted by Crippen LogP contribution is 2.23. The second-order valence-electron chi connectivity index (χ2n) is 6.71. The predicted octanol–water partition coefficient (Wildman–Crippen LogP) is 4.35. The third-order valence-corrected chi connectivity index (χ3v) is 4.71. The van der Waals surface area contributed by atoms with Crippen molar-refractivity contribution in [3.63, 3.8) is 0 Å². The van der Waals surface area contributed by atoms with E-state index in [-0.39, 0.29) is 5.56 Å². The molecule has 6 nitrogen and oxygen atoms in total. The minimum Gasteiger partial charge on any atom is -0.372 e. The molecule has 3 aromatic rings. The number of aromatic nitrogens is 2. The van der Waals surface area contributed by atoms with Crippen LogP contribution in [0.4, 0.5) is 31.8 Å². The molecule has 29 heavy (non-hydrogen) atoms. The van der Waals surface area contributed by atoms with E-state index in [0.29, 0.717) is 5.95 Å². The third kappa shape index (κ3) is 4.31. The van der Waals surface area contributed by atoms with Crippen LogP contribution < -0.4 is 15.5 Å². The molecule has 0 radical (unpaired) electrons. The Morgan fingerprint density at radius 1 is 0.931 bits per heavy atom. The molecule has 8 heteroatoms. The van der Waals surface area contributed by atoms with Crippen molar-refractivity contribution in [2.24, 2.45) is 0 Å². The average molecular weight is 395 g/mol. The fraction of sp³-hybridized carbons (Fsp3) is 0.190. The van der Waals surface area contributed by atoms with Crippen molar-refractivity contribution in [2.45, 2.75) is 12.8 Å². The summed E-state index contributed by atoms with van der Waals surface area (Å²) in [4.78, 5) is 22.7. The first-order chi connectivity index (χ1) is 14.1. The Hall–Kier alpha value is -3.55. The minimum atomic E-state index is -0.852. The van der Waals surface area contributed by atoms with Gasteiger partial charge in [0.25, 0.3) is 5.91 Å². The van der Waals surface area contributed by atoms with E-state index in [1.54, 1.807) is 0 Å². The highest BCUT2D eigenvalue weighted by atomic mass is 19.1. The number of rotatable bonds is 5. The smallest absolute Gasteiger partial charge is 0.258 e. The molecule has 2 heterocycles. The number of carbonyl (C=O) groups is 1. The summed E-state index contributed by atoms with van der Waals surface area (Å²) in [7, 11) is 0. The number of anilines is 4. The number of carbonyl (C=O) groups excluding carboxylic acids is 1. The maximum atomic E-state index is 13.7. The minimum absolute atomic E-state index is 0.0857. The van der Waals surface area contributed by atoms with Gasteiger partial charge in [-0.1, -0.05) is 6.07 Å². The van der Waals surface area contributed by atoms with Crippen LogP contribution in [0.15, 0.2) is 54.9 Å². The summed E-state index contributed by atoms with van der Waals surface area (Å²) in [5.41, 5.74) is 1.58. The van der Waals surface area contributed by atoms with Crippen molar-refractivity contribution >= 4 is 28.9 Å². The van der Waals surface area contributed by atoms with Gasteiger partial charge >= 0.3 is 0 Å². The Bertz CT molecular complexity index is 982. The van der Waals surface area contributed by atoms with Gasteiger partial charge in [0.15, 0.2) is 0 Å². The highest BCUT2D eigenvalue weighted by molar-refractivity contribution is 6.04. The molecule has 1 aliphatic heterocycles. The summed E-state index contributed by atoms with van der Waals surface area (Å²) in [6, 6.07) is 11.3. The van der Waals surface area contributed by atoms with Crippen LogP contribution in [0, 0.1) is 11.6 Å². The number of hydrogen-bond acceptors (Lipinski definition) is 5. The Kier molecular flexibility index (Phi) is 5.33. The summed E-state index contributed by atoms with van der Waals surface area (Å²) in [5.74, 6) is -2.09. The lowest BCUT2D eigenvalue weighted by atomic mass is 10.2. The van der Waals surface area contributed by atoms with E-state index in [0.717, 1.165) is 30.9 Å². The van der Waals surface area contributed by atoms with E-state index >= 15 is 0 Å². The summed E-state index contributed by atoms with van der Waals surface area (Å²) in [6.07, 6.45) is 5.03. The molecule has 0 aliphatic carbocycles. The van der Waals surface area contributed by atoms with Crippen molar-refractivity contribution < 1.29 is 13.6 Å². The lowest BCUT2D eigenvalue weighted by molar-refractivity contribution is 0.102. The molecule has 0 saturated carbocycles. The maximum Gasteiger partial charge on any atom is 0.258 e. The van der Waals surface area contributed by atoms with E-state index in [1.807, 2.05) is 24.3 Å². The van der Waals surface area contributed by atoms with Gasteiger partial charge in [0.2, 0.25) is 5.95 Å². The zero-order chi connectivity index (χ0) is 20.2. The Labute approximate surface area is 166 Å². The molecule has 0 unspecified atom stereocenters. The lowest BCUT2D eigenvalue weighted by Gasteiger charge is -2.17. The molecule has 148 valence electrons. The molecule has 2 aromatic carbocycles. The highest BCUT2D eigenvalue weighted by Gasteiger charge is 2.15. The molecule has 1 aliphatic rings.